The Balaban J connectivity index is 2.05. The van der Waals surface area contributed by atoms with E-state index in [9.17, 15) is 24.2 Å². The van der Waals surface area contributed by atoms with Gasteiger partial charge in [-0.3, -0.25) is 24.5 Å². The Morgan fingerprint density at radius 3 is 2.86 bits per heavy atom. The van der Waals surface area contributed by atoms with Crippen LogP contribution >= 0.6 is 8.25 Å². The van der Waals surface area contributed by atoms with Gasteiger partial charge in [0.15, 0.2) is 23.5 Å². The van der Waals surface area contributed by atoms with Crippen molar-refractivity contribution in [1.29, 1.82) is 0 Å². The van der Waals surface area contributed by atoms with Gasteiger partial charge in [0.1, 0.15) is 0 Å². The number of amides is 1. The van der Waals surface area contributed by atoms with Crippen LogP contribution in [-0.2, 0) is 18.6 Å². The van der Waals surface area contributed by atoms with Crippen LogP contribution in [0.1, 0.15) is 33.4 Å². The zero-order valence-corrected chi connectivity index (χ0v) is 17.0. The van der Waals surface area contributed by atoms with E-state index in [1.54, 1.807) is 13.8 Å². The Morgan fingerprint density at radius 1 is 1.55 bits per heavy atom. The fourth-order valence-electron chi connectivity index (χ4n) is 3.29. The number of aliphatic hydroxyl groups is 1. The molecule has 1 aliphatic rings. The second-order valence-electron chi connectivity index (χ2n) is 7.00. The molecule has 2 aromatic heterocycles. The summed E-state index contributed by atoms with van der Waals surface area (Å²) in [5, 5.41) is 12.2. The van der Waals surface area contributed by atoms with Crippen LogP contribution in [0.3, 0.4) is 0 Å². The van der Waals surface area contributed by atoms with E-state index in [1.165, 1.54) is 10.9 Å². The zero-order valence-electron chi connectivity index (χ0n) is 16.1. The van der Waals surface area contributed by atoms with Gasteiger partial charge in [0.2, 0.25) is 11.9 Å². The summed E-state index contributed by atoms with van der Waals surface area (Å²) in [5.74, 6) is -1.34. The summed E-state index contributed by atoms with van der Waals surface area (Å²) in [6, 6.07) is 0. The lowest BCUT2D eigenvalue weighted by atomic mass is 9.97. The molecule has 29 heavy (non-hydrogen) atoms. The molecular formula is C16H22N5O7P. The molecule has 3 N–H and O–H groups in total. The molecule has 12 nitrogen and oxygen atoms in total. The van der Waals surface area contributed by atoms with Gasteiger partial charge in [-0.15, -0.1) is 4.52 Å². The maximum absolute atomic E-state index is 12.3. The lowest BCUT2D eigenvalue weighted by Crippen LogP contribution is -2.31. The van der Waals surface area contributed by atoms with Crippen LogP contribution in [0.15, 0.2) is 11.1 Å². The summed E-state index contributed by atoms with van der Waals surface area (Å²) in [6.07, 6.45) is -0.694. The molecule has 0 bridgehead atoms. The predicted octanol–water partition coefficient (Wildman–Crippen LogP) is 0.0329. The highest BCUT2D eigenvalue weighted by molar-refractivity contribution is 7.30. The number of nitrogens with zero attached hydrogens (tertiary/aromatic N) is 3. The Morgan fingerprint density at radius 2 is 2.28 bits per heavy atom. The van der Waals surface area contributed by atoms with Crippen molar-refractivity contribution >= 4 is 31.3 Å². The molecule has 5 unspecified atom stereocenters. The third-order valence-corrected chi connectivity index (χ3v) is 5.20. The third kappa shape index (κ3) is 4.21. The molecule has 0 radical (unpaired) electrons. The lowest BCUT2D eigenvalue weighted by molar-refractivity contribution is -0.193. The largest absolute Gasteiger partial charge is 0.566 e. The van der Waals surface area contributed by atoms with E-state index >= 15 is 0 Å². The monoisotopic (exact) mass is 427 g/mol. The third-order valence-electron chi connectivity index (χ3n) is 4.79. The summed E-state index contributed by atoms with van der Waals surface area (Å²) < 4.78 is 23.5. The second kappa shape index (κ2) is 8.64. The summed E-state index contributed by atoms with van der Waals surface area (Å²) >= 11 is 0. The van der Waals surface area contributed by atoms with E-state index in [0.717, 1.165) is 0 Å². The van der Waals surface area contributed by atoms with Gasteiger partial charge in [0.05, 0.1) is 19.0 Å². The second-order valence-corrected chi connectivity index (χ2v) is 7.65. The SMILES string of the molecule is CCC1OC(n2cnc3c(=O)[nH]c(NC(=O)C(C)C)nc32)C(O[P+](=O)[O-])C1CO. The van der Waals surface area contributed by atoms with E-state index in [4.69, 9.17) is 9.26 Å². The highest BCUT2D eigenvalue weighted by atomic mass is 31.1. The van der Waals surface area contributed by atoms with Crippen molar-refractivity contribution in [1.82, 2.24) is 19.5 Å². The summed E-state index contributed by atoms with van der Waals surface area (Å²) in [5.41, 5.74) is -0.508. The number of fused-ring (bicyclic) bond motifs is 1. The highest BCUT2D eigenvalue weighted by Crippen LogP contribution is 2.41. The standard InChI is InChI=1S/C16H22N5O7P/c1-4-9-8(5-22)11(28-29(25)26)15(27-9)21-6-17-10-12(21)18-16(20-14(10)24)19-13(23)7(2)3/h6-9,11,15,22H,4-5H2,1-3H3,(H2,18,19,20,23,24). The minimum Gasteiger partial charge on any atom is -0.566 e. The van der Waals surface area contributed by atoms with Crippen LogP contribution < -0.4 is 15.8 Å². The molecule has 2 aromatic rings. The lowest BCUT2D eigenvalue weighted by Gasteiger charge is -2.18. The number of carbonyl (C=O) groups is 1. The number of aromatic nitrogens is 4. The van der Waals surface area contributed by atoms with Crippen molar-refractivity contribution in [3.8, 4) is 0 Å². The van der Waals surface area contributed by atoms with Crippen LogP contribution in [0.5, 0.6) is 0 Å². The number of H-pyrrole nitrogens is 1. The maximum atomic E-state index is 12.3. The van der Waals surface area contributed by atoms with Crippen molar-refractivity contribution in [2.24, 2.45) is 11.8 Å². The number of nitrogens with one attached hydrogen (secondary N) is 2. The van der Waals surface area contributed by atoms with Crippen LogP contribution in [0.25, 0.3) is 11.2 Å². The number of aliphatic hydroxyl groups excluding tert-OH is 1. The minimum atomic E-state index is -3.22. The first-order valence-corrected chi connectivity index (χ1v) is 10.2. The van der Waals surface area contributed by atoms with Crippen molar-refractivity contribution in [2.75, 3.05) is 11.9 Å². The fraction of sp³-hybridized carbons (Fsp3) is 0.625. The average Bonchev–Trinajstić information content (AvgIpc) is 3.22. The smallest absolute Gasteiger partial charge is 0.488 e. The first kappa shape index (κ1) is 21.5. The number of anilines is 1. The van der Waals surface area contributed by atoms with Crippen molar-refractivity contribution in [3.63, 3.8) is 0 Å². The van der Waals surface area contributed by atoms with E-state index in [-0.39, 0.29) is 35.5 Å². The van der Waals surface area contributed by atoms with Gasteiger partial charge in [-0.1, -0.05) is 20.8 Å². The molecule has 0 aliphatic carbocycles. The molecule has 3 rings (SSSR count). The molecule has 0 aromatic carbocycles. The van der Waals surface area contributed by atoms with Gasteiger partial charge in [-0.05, 0) is 11.0 Å². The zero-order chi connectivity index (χ0) is 21.3. The Kier molecular flexibility index (Phi) is 6.39. The molecule has 1 fully saturated rings. The first-order valence-electron chi connectivity index (χ1n) is 9.12. The normalized spacial score (nSPS) is 25.0. The highest BCUT2D eigenvalue weighted by Gasteiger charge is 2.49. The number of ether oxygens (including phenoxy) is 1. The molecule has 3 heterocycles. The molecular weight excluding hydrogens is 405 g/mol. The molecule has 1 amide bonds. The van der Waals surface area contributed by atoms with E-state index in [1.807, 2.05) is 6.92 Å². The molecule has 1 saturated heterocycles. The quantitative estimate of drug-likeness (QED) is 0.516. The number of carbonyl (C=O) groups excluding carboxylic acids is 1. The van der Waals surface area contributed by atoms with E-state index < -0.39 is 38.2 Å². The molecule has 1 aliphatic heterocycles. The van der Waals surface area contributed by atoms with Gasteiger partial charge in [0.25, 0.3) is 5.56 Å². The molecule has 0 saturated carbocycles. The van der Waals surface area contributed by atoms with Crippen LogP contribution in [-0.4, -0.2) is 49.3 Å². The van der Waals surface area contributed by atoms with Crippen LogP contribution in [0, 0.1) is 11.8 Å². The number of hydrogen-bond acceptors (Lipinski definition) is 9. The topological polar surface area (TPSA) is 171 Å². The Hall–Kier alpha value is -2.24. The molecule has 13 heteroatoms. The Bertz CT molecular complexity index is 974. The number of imidazole rings is 1. The van der Waals surface area contributed by atoms with Gasteiger partial charge in [-0.25, -0.2) is 4.98 Å². The minimum absolute atomic E-state index is 0.0121. The first-order chi connectivity index (χ1) is 13.8. The fourth-order valence-corrected chi connectivity index (χ4v) is 3.75. The van der Waals surface area contributed by atoms with E-state index in [2.05, 4.69) is 20.3 Å². The Labute approximate surface area is 166 Å². The number of aromatic amines is 1. The maximum Gasteiger partial charge on any atom is 0.488 e. The molecule has 158 valence electrons. The van der Waals surface area contributed by atoms with Crippen molar-refractivity contribution in [3.05, 3.63) is 16.7 Å². The average molecular weight is 427 g/mol. The van der Waals surface area contributed by atoms with Gasteiger partial charge < -0.3 is 14.7 Å². The van der Waals surface area contributed by atoms with E-state index in [0.29, 0.717) is 6.42 Å². The van der Waals surface area contributed by atoms with Gasteiger partial charge >= 0.3 is 8.25 Å². The predicted molar refractivity (Wildman–Crippen MR) is 98.9 cm³/mol. The number of hydrogen-bond donors (Lipinski definition) is 3. The van der Waals surface area contributed by atoms with Crippen molar-refractivity contribution < 1.29 is 28.6 Å². The summed E-state index contributed by atoms with van der Waals surface area (Å²) in [6.45, 7) is 4.86. The summed E-state index contributed by atoms with van der Waals surface area (Å²) in [4.78, 5) is 46.2. The van der Waals surface area contributed by atoms with Crippen molar-refractivity contribution in [2.45, 2.75) is 45.6 Å². The summed E-state index contributed by atoms with van der Waals surface area (Å²) in [7, 11) is -3.22. The van der Waals surface area contributed by atoms with Gasteiger partial charge in [-0.2, -0.15) is 4.98 Å². The molecule has 5 atom stereocenters. The van der Waals surface area contributed by atoms with Crippen LogP contribution in [0.4, 0.5) is 5.95 Å². The van der Waals surface area contributed by atoms with Crippen LogP contribution in [0.2, 0.25) is 0 Å². The van der Waals surface area contributed by atoms with Gasteiger partial charge in [0, 0.05) is 11.8 Å². The number of rotatable bonds is 7. The molecule has 0 spiro atoms.